The van der Waals surface area contributed by atoms with E-state index in [1.165, 1.54) is 17.4 Å². The number of para-hydroxylation sites is 2. The third-order valence-electron chi connectivity index (χ3n) is 6.64. The van der Waals surface area contributed by atoms with Crippen molar-refractivity contribution >= 4 is 51.7 Å². The normalized spacial score (nSPS) is 16.2. The minimum absolute atomic E-state index is 0.181. The minimum atomic E-state index is -1.27. The summed E-state index contributed by atoms with van der Waals surface area (Å²) in [4.78, 5) is 17.4. The van der Waals surface area contributed by atoms with Crippen molar-refractivity contribution in [1.29, 1.82) is 5.26 Å². The Bertz CT molecular complexity index is 1640. The first-order valence-corrected chi connectivity index (χ1v) is 14.4. The van der Waals surface area contributed by atoms with Gasteiger partial charge < -0.3 is 19.5 Å². The van der Waals surface area contributed by atoms with Crippen molar-refractivity contribution in [1.82, 2.24) is 0 Å². The van der Waals surface area contributed by atoms with E-state index < -0.39 is 5.97 Å². The lowest BCUT2D eigenvalue weighted by atomic mass is 9.99. The van der Waals surface area contributed by atoms with Crippen molar-refractivity contribution in [2.45, 2.75) is 12.5 Å². The highest BCUT2D eigenvalue weighted by Gasteiger charge is 2.27. The first kappa shape index (κ1) is 25.7. The molecule has 0 radical (unpaired) electrons. The number of aliphatic carboxylic acids is 1. The molecule has 2 aromatic heterocycles. The highest BCUT2D eigenvalue weighted by Crippen LogP contribution is 2.52. The van der Waals surface area contributed by atoms with E-state index in [2.05, 4.69) is 83.8 Å². The monoisotopic (exact) mass is 564 g/mol. The van der Waals surface area contributed by atoms with Gasteiger partial charge in [0.25, 0.3) is 0 Å². The molecule has 1 unspecified atom stereocenters. The molecule has 1 aliphatic carbocycles. The Morgan fingerprint density at radius 2 is 1.57 bits per heavy atom. The average molecular weight is 565 g/mol. The number of carboxylic acids is 1. The summed E-state index contributed by atoms with van der Waals surface area (Å²) in [5.41, 5.74) is 3.11. The van der Waals surface area contributed by atoms with E-state index in [4.69, 9.17) is 9.47 Å². The van der Waals surface area contributed by atoms with E-state index >= 15 is 0 Å². The van der Waals surface area contributed by atoms with Gasteiger partial charge in [-0.15, -0.1) is 22.7 Å². The quantitative estimate of drug-likeness (QED) is 0.182. The van der Waals surface area contributed by atoms with Crippen molar-refractivity contribution in [3.05, 3.63) is 106 Å². The van der Waals surface area contributed by atoms with Crippen molar-refractivity contribution in [3.8, 4) is 27.3 Å². The van der Waals surface area contributed by atoms with Crippen LogP contribution in [0.2, 0.25) is 0 Å². The molecule has 8 heteroatoms. The highest BCUT2D eigenvalue weighted by atomic mass is 32.1. The second-order valence-electron chi connectivity index (χ2n) is 9.15. The number of nitrogens with zero attached hydrogens (tertiary/aromatic N) is 2. The van der Waals surface area contributed by atoms with Crippen molar-refractivity contribution in [2.24, 2.45) is 0 Å². The van der Waals surface area contributed by atoms with Crippen LogP contribution in [0.1, 0.15) is 16.2 Å². The van der Waals surface area contributed by atoms with Gasteiger partial charge in [0.15, 0.2) is 11.5 Å². The third-order valence-corrected chi connectivity index (χ3v) is 9.06. The molecule has 198 valence electrons. The summed E-state index contributed by atoms with van der Waals surface area (Å²) >= 11 is 3.03. The van der Waals surface area contributed by atoms with Crippen molar-refractivity contribution in [3.63, 3.8) is 0 Å². The number of benzene rings is 2. The number of hydrogen-bond donors (Lipinski definition) is 1. The zero-order valence-corrected chi connectivity index (χ0v) is 23.0. The Hall–Kier alpha value is -4.58. The van der Waals surface area contributed by atoms with Crippen LogP contribution in [-0.4, -0.2) is 30.3 Å². The number of hydrogen-bond acceptors (Lipinski definition) is 7. The molecule has 6 rings (SSSR count). The van der Waals surface area contributed by atoms with Crippen LogP contribution in [0.3, 0.4) is 0 Å². The molecule has 40 heavy (non-hydrogen) atoms. The standard InChI is InChI=1S/C32H24N2O4S2/c33-20-22(32(35)36)19-28-29-30(38-18-17-37-29)31(40-28)27-16-15-26(39-27)21-11-13-25(14-12-21)34(23-7-3-1-4-8-23)24-9-5-2-6-10-24/h1-13,15-16,19,25H,14,17-18H2,(H,35,36)/b22-19+. The summed E-state index contributed by atoms with van der Waals surface area (Å²) in [7, 11) is 0. The minimum Gasteiger partial charge on any atom is -0.485 e. The van der Waals surface area contributed by atoms with Gasteiger partial charge in [0.2, 0.25) is 0 Å². The smallest absolute Gasteiger partial charge is 0.346 e. The van der Waals surface area contributed by atoms with Crippen LogP contribution in [0.15, 0.2) is 96.6 Å². The second-order valence-corrected chi connectivity index (χ2v) is 11.3. The number of ether oxygens (including phenoxy) is 2. The molecule has 0 spiro atoms. The zero-order valence-electron chi connectivity index (χ0n) is 21.3. The Morgan fingerprint density at radius 1 is 0.925 bits per heavy atom. The predicted octanol–water partition coefficient (Wildman–Crippen LogP) is 7.79. The fourth-order valence-corrected chi connectivity index (χ4v) is 7.08. The lowest BCUT2D eigenvalue weighted by Crippen LogP contribution is -2.29. The molecule has 0 saturated carbocycles. The summed E-state index contributed by atoms with van der Waals surface area (Å²) in [5, 5.41) is 18.6. The maximum Gasteiger partial charge on any atom is 0.346 e. The maximum atomic E-state index is 11.4. The summed E-state index contributed by atoms with van der Waals surface area (Å²) in [5.74, 6) is -0.168. The van der Waals surface area contributed by atoms with E-state index in [0.717, 1.165) is 38.0 Å². The van der Waals surface area contributed by atoms with Gasteiger partial charge in [0.05, 0.1) is 15.8 Å². The van der Waals surface area contributed by atoms with Crippen molar-refractivity contribution < 1.29 is 19.4 Å². The van der Waals surface area contributed by atoms with Gasteiger partial charge in [0.1, 0.15) is 24.9 Å². The molecule has 1 N–H and O–H groups in total. The predicted molar refractivity (Wildman–Crippen MR) is 160 cm³/mol. The maximum absolute atomic E-state index is 11.4. The number of carboxylic acid groups (broad SMARTS) is 1. The number of nitriles is 1. The van der Waals surface area contributed by atoms with E-state index in [1.807, 2.05) is 12.1 Å². The fourth-order valence-electron chi connectivity index (χ4n) is 4.81. The first-order valence-electron chi connectivity index (χ1n) is 12.8. The summed E-state index contributed by atoms with van der Waals surface area (Å²) in [6.45, 7) is 0.785. The van der Waals surface area contributed by atoms with Crippen LogP contribution in [0.4, 0.5) is 11.4 Å². The molecule has 3 heterocycles. The summed E-state index contributed by atoms with van der Waals surface area (Å²) < 4.78 is 11.8. The highest BCUT2D eigenvalue weighted by molar-refractivity contribution is 7.23. The van der Waals surface area contributed by atoms with Gasteiger partial charge >= 0.3 is 5.97 Å². The van der Waals surface area contributed by atoms with E-state index in [-0.39, 0.29) is 11.6 Å². The Balaban J connectivity index is 1.28. The lowest BCUT2D eigenvalue weighted by Gasteiger charge is -2.33. The Labute approximate surface area is 240 Å². The number of carbonyl (C=O) groups is 1. The van der Waals surface area contributed by atoms with Gasteiger partial charge in [-0.1, -0.05) is 54.6 Å². The van der Waals surface area contributed by atoms with Crippen LogP contribution >= 0.6 is 22.7 Å². The molecule has 2 aromatic carbocycles. The van der Waals surface area contributed by atoms with Crippen molar-refractivity contribution in [2.75, 3.05) is 18.1 Å². The van der Waals surface area contributed by atoms with Gasteiger partial charge in [-0.3, -0.25) is 0 Å². The number of fused-ring (bicyclic) bond motifs is 1. The molecule has 0 saturated heterocycles. The van der Waals surface area contributed by atoms with Gasteiger partial charge in [-0.2, -0.15) is 5.26 Å². The summed E-state index contributed by atoms with van der Waals surface area (Å²) in [6.07, 6.45) is 8.94. The third kappa shape index (κ3) is 5.05. The van der Waals surface area contributed by atoms with E-state index in [9.17, 15) is 15.2 Å². The Kier molecular flexibility index (Phi) is 7.23. The van der Waals surface area contributed by atoms with Gasteiger partial charge in [-0.05, 0) is 54.5 Å². The molecule has 2 aliphatic rings. The Morgan fingerprint density at radius 3 is 2.17 bits per heavy atom. The molecule has 0 bridgehead atoms. The fraction of sp³-hybridized carbons (Fsp3) is 0.125. The van der Waals surface area contributed by atoms with Crippen LogP contribution in [0.25, 0.3) is 21.4 Å². The van der Waals surface area contributed by atoms with Gasteiger partial charge in [-0.25, -0.2) is 4.79 Å². The average Bonchev–Trinajstić information content (AvgIpc) is 3.63. The second kappa shape index (κ2) is 11.3. The van der Waals surface area contributed by atoms with Crippen LogP contribution in [0, 0.1) is 11.3 Å². The molecule has 6 nitrogen and oxygen atoms in total. The van der Waals surface area contributed by atoms with Crippen LogP contribution < -0.4 is 14.4 Å². The largest absolute Gasteiger partial charge is 0.485 e. The number of rotatable bonds is 7. The molecule has 0 fully saturated rings. The molecule has 1 aliphatic heterocycles. The molecule has 1 atom stereocenters. The first-order chi connectivity index (χ1) is 19.6. The number of allylic oxidation sites excluding steroid dienone is 2. The van der Waals surface area contributed by atoms with Gasteiger partial charge in [0, 0.05) is 21.1 Å². The van der Waals surface area contributed by atoms with Crippen LogP contribution in [-0.2, 0) is 4.79 Å². The zero-order chi connectivity index (χ0) is 27.5. The SMILES string of the molecule is N#C/C(=C\c1sc(-c2ccc(C3=CCC(N(c4ccccc4)c4ccccc4)C=C3)s2)c2c1OCCO2)C(=O)O. The molecular weight excluding hydrogens is 540 g/mol. The van der Waals surface area contributed by atoms with E-state index in [1.54, 1.807) is 17.4 Å². The number of anilines is 2. The topological polar surface area (TPSA) is 82.8 Å². The number of thiophene rings is 2. The molecule has 0 amide bonds. The molecule has 4 aromatic rings. The lowest BCUT2D eigenvalue weighted by molar-refractivity contribution is -0.132. The summed E-state index contributed by atoms with van der Waals surface area (Å²) in [6, 6.07) is 27.0. The van der Waals surface area contributed by atoms with E-state index in [0.29, 0.717) is 29.6 Å². The molecular formula is C32H24N2O4S2. The van der Waals surface area contributed by atoms with Crippen LogP contribution in [0.5, 0.6) is 11.5 Å².